The number of amides is 1. The van der Waals surface area contributed by atoms with E-state index in [9.17, 15) is 9.18 Å². The molecule has 2 aromatic carbocycles. The molecule has 0 unspecified atom stereocenters. The summed E-state index contributed by atoms with van der Waals surface area (Å²) in [4.78, 5) is 12.1. The quantitative estimate of drug-likeness (QED) is 0.447. The summed E-state index contributed by atoms with van der Waals surface area (Å²) in [5, 5.41) is 2.90. The second-order valence-corrected chi connectivity index (χ2v) is 6.97. The Hall–Kier alpha value is -1.15. The van der Waals surface area contributed by atoms with E-state index in [1.54, 1.807) is 12.1 Å². The van der Waals surface area contributed by atoms with E-state index in [2.05, 4.69) is 43.8 Å². The Morgan fingerprint density at radius 2 is 1.91 bits per heavy atom. The monoisotopic (exact) mass is 491 g/mol. The number of rotatable bonds is 7. The molecule has 2 aromatic rings. The molecule has 0 aromatic heterocycles. The maximum Gasteiger partial charge on any atom is 0.252 e. The van der Waals surface area contributed by atoms with Crippen molar-refractivity contribution >= 4 is 44.4 Å². The van der Waals surface area contributed by atoms with Crippen LogP contribution in [-0.2, 0) is 0 Å². The molecule has 23 heavy (non-hydrogen) atoms. The lowest BCUT2D eigenvalue weighted by Crippen LogP contribution is -2.25. The number of halogens is 3. The highest BCUT2D eigenvalue weighted by atomic mass is 127. The highest BCUT2D eigenvalue weighted by Crippen LogP contribution is 2.18. The predicted octanol–water partition coefficient (Wildman–Crippen LogP) is 4.78. The van der Waals surface area contributed by atoms with Crippen LogP contribution in [0.4, 0.5) is 4.39 Å². The molecular weight excluding hydrogens is 476 g/mol. The highest BCUT2D eigenvalue weighted by Gasteiger charge is 2.09. The molecule has 0 fully saturated rings. The van der Waals surface area contributed by atoms with Crippen molar-refractivity contribution in [2.75, 3.05) is 13.2 Å². The zero-order chi connectivity index (χ0) is 16.7. The number of carbonyl (C=O) groups is 1. The van der Waals surface area contributed by atoms with Gasteiger partial charge in [-0.3, -0.25) is 4.79 Å². The number of hydrogen-bond donors (Lipinski definition) is 1. The van der Waals surface area contributed by atoms with Crippen LogP contribution in [0.3, 0.4) is 0 Å². The van der Waals surface area contributed by atoms with Gasteiger partial charge in [-0.05, 0) is 77.9 Å². The maximum atomic E-state index is 12.7. The van der Waals surface area contributed by atoms with E-state index in [0.717, 1.165) is 20.9 Å². The summed E-state index contributed by atoms with van der Waals surface area (Å²) >= 11 is 5.52. The third-order valence-corrected chi connectivity index (χ3v) is 4.55. The molecule has 1 amide bonds. The first kappa shape index (κ1) is 18.2. The summed E-state index contributed by atoms with van der Waals surface area (Å²) in [5.41, 5.74) is 0.669. The van der Waals surface area contributed by atoms with Gasteiger partial charge in [-0.2, -0.15) is 0 Å². The van der Waals surface area contributed by atoms with Crippen molar-refractivity contribution in [3.8, 4) is 5.75 Å². The molecule has 0 aliphatic carbocycles. The molecule has 0 saturated carbocycles. The number of nitrogens with one attached hydrogen (secondary N) is 1. The minimum atomic E-state index is -0.276. The molecule has 2 rings (SSSR count). The van der Waals surface area contributed by atoms with Crippen LogP contribution in [0.5, 0.6) is 5.75 Å². The van der Waals surface area contributed by atoms with E-state index in [1.807, 2.05) is 18.2 Å². The first-order chi connectivity index (χ1) is 11.1. The number of unbranched alkanes of at least 4 members (excludes halogenated alkanes) is 1. The van der Waals surface area contributed by atoms with Crippen LogP contribution in [0.25, 0.3) is 0 Å². The first-order valence-electron chi connectivity index (χ1n) is 7.18. The molecule has 0 heterocycles. The summed E-state index contributed by atoms with van der Waals surface area (Å²) in [6, 6.07) is 11.6. The van der Waals surface area contributed by atoms with E-state index in [-0.39, 0.29) is 11.7 Å². The van der Waals surface area contributed by atoms with Gasteiger partial charge >= 0.3 is 0 Å². The molecule has 6 heteroatoms. The van der Waals surface area contributed by atoms with Crippen LogP contribution in [-0.4, -0.2) is 19.1 Å². The van der Waals surface area contributed by atoms with E-state index in [4.69, 9.17) is 4.74 Å². The molecule has 0 aliphatic rings. The largest absolute Gasteiger partial charge is 0.494 e. The fourth-order valence-electron chi connectivity index (χ4n) is 1.92. The summed E-state index contributed by atoms with van der Waals surface area (Å²) in [6.45, 7) is 1.13. The van der Waals surface area contributed by atoms with Crippen LogP contribution < -0.4 is 10.1 Å². The van der Waals surface area contributed by atoms with Crippen molar-refractivity contribution < 1.29 is 13.9 Å². The van der Waals surface area contributed by atoms with Gasteiger partial charge in [0, 0.05) is 14.6 Å². The molecule has 122 valence electrons. The minimum Gasteiger partial charge on any atom is -0.494 e. The normalized spacial score (nSPS) is 10.4. The van der Waals surface area contributed by atoms with Crippen molar-refractivity contribution in [1.82, 2.24) is 5.32 Å². The predicted molar refractivity (Wildman–Crippen MR) is 100 cm³/mol. The third kappa shape index (κ3) is 6.10. The Morgan fingerprint density at radius 1 is 1.17 bits per heavy atom. The number of carbonyl (C=O) groups excluding carboxylic acids is 1. The van der Waals surface area contributed by atoms with Gasteiger partial charge in [0.05, 0.1) is 12.2 Å². The van der Waals surface area contributed by atoms with Crippen LogP contribution in [0.15, 0.2) is 46.9 Å². The van der Waals surface area contributed by atoms with Crippen LogP contribution in [0.2, 0.25) is 0 Å². The molecule has 1 N–H and O–H groups in total. The van der Waals surface area contributed by atoms with Gasteiger partial charge < -0.3 is 10.1 Å². The van der Waals surface area contributed by atoms with Crippen molar-refractivity contribution in [3.05, 3.63) is 61.9 Å². The Morgan fingerprint density at radius 3 is 2.65 bits per heavy atom. The molecule has 0 bridgehead atoms. The van der Waals surface area contributed by atoms with E-state index in [0.29, 0.717) is 24.5 Å². The molecule has 0 aliphatic heterocycles. The van der Waals surface area contributed by atoms with E-state index in [1.165, 1.54) is 12.1 Å². The van der Waals surface area contributed by atoms with Gasteiger partial charge in [0.15, 0.2) is 0 Å². The second kappa shape index (κ2) is 9.22. The number of ether oxygens (including phenoxy) is 1. The van der Waals surface area contributed by atoms with Crippen LogP contribution >= 0.6 is 38.5 Å². The average molecular weight is 492 g/mol. The molecular formula is C17H16BrFINO2. The lowest BCUT2D eigenvalue weighted by atomic mass is 10.2. The van der Waals surface area contributed by atoms with Crippen LogP contribution in [0, 0.1) is 9.39 Å². The fraction of sp³-hybridized carbons (Fsp3) is 0.235. The van der Waals surface area contributed by atoms with Crippen LogP contribution in [0.1, 0.15) is 23.2 Å². The number of benzene rings is 2. The average Bonchev–Trinajstić information content (AvgIpc) is 2.54. The van der Waals surface area contributed by atoms with Gasteiger partial charge in [0.25, 0.3) is 5.91 Å². The zero-order valence-corrected chi connectivity index (χ0v) is 16.1. The van der Waals surface area contributed by atoms with Crippen molar-refractivity contribution in [2.45, 2.75) is 12.8 Å². The zero-order valence-electron chi connectivity index (χ0n) is 12.3. The summed E-state index contributed by atoms with van der Waals surface area (Å²) in [7, 11) is 0. The Balaban J connectivity index is 1.66. The van der Waals surface area contributed by atoms with Gasteiger partial charge in [0.2, 0.25) is 0 Å². The molecule has 0 saturated heterocycles. The molecule has 0 spiro atoms. The lowest BCUT2D eigenvalue weighted by Gasteiger charge is -2.08. The summed E-state index contributed by atoms with van der Waals surface area (Å²) in [6.07, 6.45) is 1.63. The minimum absolute atomic E-state index is 0.0739. The molecule has 3 nitrogen and oxygen atoms in total. The van der Waals surface area contributed by atoms with Gasteiger partial charge in [0.1, 0.15) is 11.6 Å². The number of hydrogen-bond acceptors (Lipinski definition) is 2. The molecule has 0 radical (unpaired) electrons. The van der Waals surface area contributed by atoms with Crippen molar-refractivity contribution in [1.29, 1.82) is 0 Å². The summed E-state index contributed by atoms with van der Waals surface area (Å²) in [5.74, 6) is 0.302. The lowest BCUT2D eigenvalue weighted by molar-refractivity contribution is 0.0951. The Kier molecular flexibility index (Phi) is 7.29. The van der Waals surface area contributed by atoms with Crippen molar-refractivity contribution in [3.63, 3.8) is 0 Å². The van der Waals surface area contributed by atoms with Crippen molar-refractivity contribution in [2.24, 2.45) is 0 Å². The Bertz CT molecular complexity index is 664. The molecule has 0 atom stereocenters. The van der Waals surface area contributed by atoms with E-state index >= 15 is 0 Å². The maximum absolute atomic E-state index is 12.7. The van der Waals surface area contributed by atoms with Gasteiger partial charge in [-0.25, -0.2) is 4.39 Å². The topological polar surface area (TPSA) is 38.3 Å². The van der Waals surface area contributed by atoms with E-state index < -0.39 is 0 Å². The summed E-state index contributed by atoms with van der Waals surface area (Å²) < 4.78 is 20.1. The first-order valence-corrected chi connectivity index (χ1v) is 9.05. The Labute approximate surface area is 156 Å². The van der Waals surface area contributed by atoms with Gasteiger partial charge in [-0.1, -0.05) is 15.9 Å². The van der Waals surface area contributed by atoms with Gasteiger partial charge in [-0.15, -0.1) is 0 Å². The third-order valence-electron chi connectivity index (χ3n) is 3.11. The second-order valence-electron chi connectivity index (χ2n) is 4.89. The fourth-order valence-corrected chi connectivity index (χ4v) is 2.86. The SMILES string of the molecule is O=C(NCCCCOc1ccc(F)cc1)c1cc(Br)ccc1I. The standard InChI is InChI=1S/C17H16BrFINO2/c18-12-3-8-16(20)15(11-12)17(22)21-9-1-2-10-23-14-6-4-13(19)5-7-14/h3-8,11H,1-2,9-10H2,(H,21,22). The smallest absolute Gasteiger partial charge is 0.252 e. The highest BCUT2D eigenvalue weighted by molar-refractivity contribution is 14.1.